The van der Waals surface area contributed by atoms with Crippen molar-refractivity contribution in [3.8, 4) is 0 Å². The number of carbonyl (C=O) groups is 1. The van der Waals surface area contributed by atoms with E-state index in [-0.39, 0.29) is 11.8 Å². The molecule has 1 saturated carbocycles. The van der Waals surface area contributed by atoms with Crippen molar-refractivity contribution in [3.05, 3.63) is 17.8 Å². The number of pyridine rings is 1. The van der Waals surface area contributed by atoms with Gasteiger partial charge in [-0.1, -0.05) is 6.92 Å². The molecule has 1 aliphatic carbocycles. The van der Waals surface area contributed by atoms with Crippen molar-refractivity contribution >= 4 is 22.8 Å². The minimum absolute atomic E-state index is 0.165. The highest BCUT2D eigenvalue weighted by atomic mass is 16.5. The molecular formula is C15H18N4O2. The second kappa shape index (κ2) is 4.53. The first kappa shape index (κ1) is 12.8. The fraction of sp³-hybridized carbons (Fsp3) is 0.533. The molecular weight excluding hydrogens is 268 g/mol. The molecule has 4 rings (SSSR count). The molecule has 2 aliphatic rings. The average Bonchev–Trinajstić information content (AvgIpc) is 3.17. The van der Waals surface area contributed by atoms with Gasteiger partial charge in [0.25, 0.3) is 5.91 Å². The van der Waals surface area contributed by atoms with Crippen LogP contribution in [-0.4, -0.2) is 33.4 Å². The van der Waals surface area contributed by atoms with E-state index in [1.807, 2.05) is 19.1 Å². The smallest absolute Gasteiger partial charge is 0.278 e. The maximum absolute atomic E-state index is 12.7. The van der Waals surface area contributed by atoms with E-state index in [4.69, 9.17) is 10.5 Å². The summed E-state index contributed by atoms with van der Waals surface area (Å²) >= 11 is 0. The van der Waals surface area contributed by atoms with Crippen LogP contribution in [0.2, 0.25) is 0 Å². The Balaban J connectivity index is 1.79. The highest BCUT2D eigenvalue weighted by Crippen LogP contribution is 2.39. The third-order valence-corrected chi connectivity index (χ3v) is 4.42. The lowest BCUT2D eigenvalue weighted by Gasteiger charge is -2.13. The van der Waals surface area contributed by atoms with E-state index in [2.05, 4.69) is 10.1 Å². The Morgan fingerprint density at radius 2 is 2.19 bits per heavy atom. The molecule has 2 atom stereocenters. The molecule has 2 fully saturated rings. The van der Waals surface area contributed by atoms with Gasteiger partial charge in [0.1, 0.15) is 6.10 Å². The van der Waals surface area contributed by atoms with Crippen LogP contribution in [0.1, 0.15) is 42.6 Å². The molecule has 2 aromatic heterocycles. The molecule has 0 amide bonds. The van der Waals surface area contributed by atoms with Crippen LogP contribution >= 0.6 is 0 Å². The Morgan fingerprint density at radius 3 is 2.86 bits per heavy atom. The van der Waals surface area contributed by atoms with E-state index in [0.717, 1.165) is 17.5 Å². The van der Waals surface area contributed by atoms with Gasteiger partial charge in [-0.15, -0.1) is 5.10 Å². The normalized spacial score (nSPS) is 25.6. The molecule has 0 radical (unpaired) electrons. The molecule has 3 heterocycles. The molecule has 2 N–H and O–H groups in total. The lowest BCUT2D eigenvalue weighted by atomic mass is 10.0. The second-order valence-corrected chi connectivity index (χ2v) is 6.07. The number of rotatable bonds is 2. The third kappa shape index (κ3) is 2.01. The molecule has 6 nitrogen and oxygen atoms in total. The molecule has 0 aromatic carbocycles. The van der Waals surface area contributed by atoms with Crippen molar-refractivity contribution in [2.75, 3.05) is 12.3 Å². The summed E-state index contributed by atoms with van der Waals surface area (Å²) in [5.74, 6) is 0.904. The highest BCUT2D eigenvalue weighted by molar-refractivity contribution is 5.96. The number of fused-ring (bicyclic) bond motifs is 1. The van der Waals surface area contributed by atoms with Gasteiger partial charge in [0.05, 0.1) is 5.39 Å². The molecule has 110 valence electrons. The molecule has 2 aromatic rings. The van der Waals surface area contributed by atoms with Crippen LogP contribution in [0, 0.1) is 5.92 Å². The fourth-order valence-corrected chi connectivity index (χ4v) is 2.93. The number of nitrogens with two attached hydrogens (primary N) is 1. The van der Waals surface area contributed by atoms with E-state index in [0.29, 0.717) is 24.0 Å². The molecule has 0 bridgehead atoms. The van der Waals surface area contributed by atoms with Crippen LogP contribution in [0.5, 0.6) is 0 Å². The summed E-state index contributed by atoms with van der Waals surface area (Å²) in [5, 5.41) is 4.93. The fourth-order valence-electron chi connectivity index (χ4n) is 2.93. The summed E-state index contributed by atoms with van der Waals surface area (Å²) in [6, 6.07) is 3.91. The number of anilines is 1. The number of ether oxygens (including phenoxy) is 1. The van der Waals surface area contributed by atoms with Crippen molar-refractivity contribution in [3.63, 3.8) is 0 Å². The zero-order chi connectivity index (χ0) is 14.6. The second-order valence-electron chi connectivity index (χ2n) is 6.07. The van der Waals surface area contributed by atoms with E-state index >= 15 is 0 Å². The van der Waals surface area contributed by atoms with Gasteiger partial charge in [0, 0.05) is 18.2 Å². The lowest BCUT2D eigenvalue weighted by Crippen LogP contribution is -2.31. The van der Waals surface area contributed by atoms with Gasteiger partial charge in [-0.3, -0.25) is 4.79 Å². The van der Waals surface area contributed by atoms with Crippen molar-refractivity contribution in [2.24, 2.45) is 5.92 Å². The third-order valence-electron chi connectivity index (χ3n) is 4.42. The molecule has 2 unspecified atom stereocenters. The first-order chi connectivity index (χ1) is 10.1. The van der Waals surface area contributed by atoms with Gasteiger partial charge in [0.2, 0.25) is 0 Å². The number of carbonyl (C=O) groups excluding carboxylic acids is 1. The standard InChI is InChI=1S/C15H18N4O2/c1-8-6-7-21-12(8)15(20)19-14-10(13(16)18-19)4-5-11(17-14)9-2-3-9/h4-5,8-9,12H,2-3,6-7H2,1H3,(H2,16,18). The number of aromatic nitrogens is 3. The van der Waals surface area contributed by atoms with Crippen LogP contribution < -0.4 is 5.73 Å². The molecule has 1 aliphatic heterocycles. The summed E-state index contributed by atoms with van der Waals surface area (Å²) in [7, 11) is 0. The summed E-state index contributed by atoms with van der Waals surface area (Å²) in [6.07, 6.45) is 2.78. The predicted molar refractivity (Wildman–Crippen MR) is 78.1 cm³/mol. The number of hydrogen-bond donors (Lipinski definition) is 1. The summed E-state index contributed by atoms with van der Waals surface area (Å²) in [4.78, 5) is 17.3. The van der Waals surface area contributed by atoms with E-state index in [1.165, 1.54) is 17.5 Å². The summed E-state index contributed by atoms with van der Waals surface area (Å²) in [5.41, 5.74) is 7.51. The van der Waals surface area contributed by atoms with Crippen LogP contribution in [0.4, 0.5) is 5.82 Å². The SMILES string of the molecule is CC1CCOC1C(=O)n1nc(N)c2ccc(C3CC3)nc21. The number of nitrogen functional groups attached to an aromatic ring is 1. The molecule has 21 heavy (non-hydrogen) atoms. The van der Waals surface area contributed by atoms with E-state index in [1.54, 1.807) is 0 Å². The molecule has 1 saturated heterocycles. The molecule has 6 heteroatoms. The first-order valence-corrected chi connectivity index (χ1v) is 7.46. The quantitative estimate of drug-likeness (QED) is 0.912. The van der Waals surface area contributed by atoms with Crippen LogP contribution in [0.15, 0.2) is 12.1 Å². The number of hydrogen-bond acceptors (Lipinski definition) is 5. The Morgan fingerprint density at radius 1 is 1.38 bits per heavy atom. The Bertz CT molecular complexity index is 720. The van der Waals surface area contributed by atoms with Gasteiger partial charge >= 0.3 is 0 Å². The van der Waals surface area contributed by atoms with Gasteiger partial charge in [-0.2, -0.15) is 4.68 Å². The Labute approximate surface area is 122 Å². The predicted octanol–water partition coefficient (Wildman–Crippen LogP) is 1.96. The highest BCUT2D eigenvalue weighted by Gasteiger charge is 2.34. The zero-order valence-corrected chi connectivity index (χ0v) is 12.0. The van der Waals surface area contributed by atoms with Gasteiger partial charge in [-0.05, 0) is 37.3 Å². The van der Waals surface area contributed by atoms with E-state index in [9.17, 15) is 4.79 Å². The summed E-state index contributed by atoms with van der Waals surface area (Å²) < 4.78 is 6.89. The minimum Gasteiger partial charge on any atom is -0.382 e. The van der Waals surface area contributed by atoms with Crippen molar-refractivity contribution in [1.82, 2.24) is 14.8 Å². The minimum atomic E-state index is -0.445. The zero-order valence-electron chi connectivity index (χ0n) is 12.0. The Hall–Kier alpha value is -1.95. The van der Waals surface area contributed by atoms with Gasteiger partial charge in [-0.25, -0.2) is 4.98 Å². The van der Waals surface area contributed by atoms with Crippen molar-refractivity contribution < 1.29 is 9.53 Å². The van der Waals surface area contributed by atoms with Gasteiger partial charge < -0.3 is 10.5 Å². The van der Waals surface area contributed by atoms with Crippen molar-refractivity contribution in [1.29, 1.82) is 0 Å². The maximum Gasteiger partial charge on any atom is 0.278 e. The van der Waals surface area contributed by atoms with Gasteiger partial charge in [0.15, 0.2) is 11.5 Å². The number of nitrogens with zero attached hydrogens (tertiary/aromatic N) is 3. The Kier molecular flexibility index (Phi) is 2.75. The average molecular weight is 286 g/mol. The van der Waals surface area contributed by atoms with Crippen LogP contribution in [0.25, 0.3) is 11.0 Å². The van der Waals surface area contributed by atoms with E-state index < -0.39 is 6.10 Å². The summed E-state index contributed by atoms with van der Waals surface area (Å²) in [6.45, 7) is 2.64. The van der Waals surface area contributed by atoms with Crippen LogP contribution in [0.3, 0.4) is 0 Å². The maximum atomic E-state index is 12.7. The largest absolute Gasteiger partial charge is 0.382 e. The molecule has 0 spiro atoms. The topological polar surface area (TPSA) is 83.0 Å². The van der Waals surface area contributed by atoms with Crippen LogP contribution in [-0.2, 0) is 4.74 Å². The van der Waals surface area contributed by atoms with Crippen molar-refractivity contribution in [2.45, 2.75) is 38.2 Å². The lowest BCUT2D eigenvalue weighted by molar-refractivity contribution is 0.0480. The monoisotopic (exact) mass is 286 g/mol. The first-order valence-electron chi connectivity index (χ1n) is 7.46.